The molecular weight excluding hydrogens is 368 g/mol. The van der Waals surface area contributed by atoms with Gasteiger partial charge in [0, 0.05) is 5.92 Å². The third-order valence-electron chi connectivity index (χ3n) is 7.05. The van der Waals surface area contributed by atoms with E-state index in [0.29, 0.717) is 17.4 Å². The largest absolute Gasteiger partial charge is 0.508 e. The highest BCUT2D eigenvalue weighted by atomic mass is 16.3. The summed E-state index contributed by atoms with van der Waals surface area (Å²) >= 11 is 0. The predicted octanol–water partition coefficient (Wildman–Crippen LogP) is 8.22. The molecule has 166 valence electrons. The minimum atomic E-state index is 0.291. The lowest BCUT2D eigenvalue weighted by Gasteiger charge is -2.28. The Hall–Kier alpha value is -1.96. The number of phenols is 2. The van der Waals surface area contributed by atoms with Gasteiger partial charge in [0.25, 0.3) is 0 Å². The van der Waals surface area contributed by atoms with Crippen molar-refractivity contribution in [2.75, 3.05) is 0 Å². The fraction of sp³-hybridized carbons (Fsp3) is 0.571. The Balaban J connectivity index is 2.41. The number of phenolic OH excluding ortho intramolecular Hbond substituents is 2. The van der Waals surface area contributed by atoms with Crippen LogP contribution in [0.5, 0.6) is 11.5 Å². The molecule has 2 N–H and O–H groups in total. The maximum absolute atomic E-state index is 10.3. The van der Waals surface area contributed by atoms with Crippen molar-refractivity contribution < 1.29 is 10.2 Å². The van der Waals surface area contributed by atoms with Crippen LogP contribution < -0.4 is 0 Å². The molecule has 0 aromatic heterocycles. The monoisotopic (exact) mass is 410 g/mol. The number of hydrogen-bond donors (Lipinski definition) is 2. The Morgan fingerprint density at radius 2 is 1.00 bits per heavy atom. The Morgan fingerprint density at radius 3 is 1.43 bits per heavy atom. The van der Waals surface area contributed by atoms with E-state index in [-0.39, 0.29) is 0 Å². The summed E-state index contributed by atoms with van der Waals surface area (Å²) in [6, 6.07) is 3.85. The molecule has 0 amide bonds. The van der Waals surface area contributed by atoms with Gasteiger partial charge in [0.15, 0.2) is 0 Å². The van der Waals surface area contributed by atoms with Gasteiger partial charge in [0.05, 0.1) is 0 Å². The van der Waals surface area contributed by atoms with Gasteiger partial charge in [-0.25, -0.2) is 0 Å². The van der Waals surface area contributed by atoms with Crippen LogP contribution in [0.1, 0.15) is 109 Å². The van der Waals surface area contributed by atoms with Gasteiger partial charge in [-0.2, -0.15) is 0 Å². The lowest BCUT2D eigenvalue weighted by Crippen LogP contribution is -2.11. The normalized spacial score (nSPS) is 11.5. The van der Waals surface area contributed by atoms with Crippen molar-refractivity contribution in [2.24, 2.45) is 0 Å². The Kier molecular flexibility index (Phi) is 8.82. The van der Waals surface area contributed by atoms with Gasteiger partial charge in [-0.15, -0.1) is 0 Å². The zero-order valence-electron chi connectivity index (χ0n) is 20.3. The van der Waals surface area contributed by atoms with Crippen molar-refractivity contribution >= 4 is 0 Å². The molecule has 2 nitrogen and oxygen atoms in total. The van der Waals surface area contributed by atoms with E-state index in [1.165, 1.54) is 67.2 Å². The maximum atomic E-state index is 10.3. The number of hydrogen-bond acceptors (Lipinski definition) is 2. The third kappa shape index (κ3) is 5.39. The van der Waals surface area contributed by atoms with Crippen LogP contribution in [0, 0.1) is 41.5 Å². The molecule has 0 aliphatic rings. The minimum absolute atomic E-state index is 0.291. The quantitative estimate of drug-likeness (QED) is 0.387. The van der Waals surface area contributed by atoms with Gasteiger partial charge in [0.1, 0.15) is 11.5 Å². The van der Waals surface area contributed by atoms with E-state index in [4.69, 9.17) is 0 Å². The number of benzene rings is 2. The molecule has 0 saturated heterocycles. The minimum Gasteiger partial charge on any atom is -0.508 e. The molecule has 0 fully saturated rings. The highest BCUT2D eigenvalue weighted by Gasteiger charge is 2.25. The van der Waals surface area contributed by atoms with Crippen molar-refractivity contribution in [3.05, 3.63) is 56.6 Å². The Labute approximate surface area is 184 Å². The number of rotatable bonds is 10. The summed E-state index contributed by atoms with van der Waals surface area (Å²) in [6.45, 7) is 14.8. The number of aryl methyl sites for hydroxylation is 2. The van der Waals surface area contributed by atoms with E-state index in [1.54, 1.807) is 0 Å². The van der Waals surface area contributed by atoms with Crippen LogP contribution in [0.3, 0.4) is 0 Å². The number of aromatic hydroxyl groups is 2. The van der Waals surface area contributed by atoms with Gasteiger partial charge in [-0.05, 0) is 105 Å². The molecule has 0 bridgehead atoms. The SMILES string of the molecule is CCCCCCCCCC(c1c(C)cc(O)c(C)c1C)c1c(C)cc(O)c(C)c1C. The van der Waals surface area contributed by atoms with Gasteiger partial charge >= 0.3 is 0 Å². The third-order valence-corrected chi connectivity index (χ3v) is 7.05. The van der Waals surface area contributed by atoms with E-state index < -0.39 is 0 Å². The molecule has 0 heterocycles. The highest BCUT2D eigenvalue weighted by Crippen LogP contribution is 2.42. The van der Waals surface area contributed by atoms with Crippen molar-refractivity contribution in [3.63, 3.8) is 0 Å². The molecule has 0 aliphatic heterocycles. The average Bonchev–Trinajstić information content (AvgIpc) is 2.69. The first-order chi connectivity index (χ1) is 14.2. The van der Waals surface area contributed by atoms with Crippen LogP contribution in [0.15, 0.2) is 12.1 Å². The Morgan fingerprint density at radius 1 is 0.600 bits per heavy atom. The summed E-state index contributed by atoms with van der Waals surface area (Å²) in [5.74, 6) is 1.07. The van der Waals surface area contributed by atoms with Crippen LogP contribution in [0.4, 0.5) is 0 Å². The standard InChI is InChI=1S/C28H42O2/c1-8-9-10-11-12-13-14-15-24(27-18(2)16-25(29)20(4)22(27)6)28-19(3)17-26(30)21(5)23(28)7/h16-17,24,29-30H,8-15H2,1-7H3. The van der Waals surface area contributed by atoms with E-state index in [1.807, 2.05) is 26.0 Å². The fourth-order valence-electron chi connectivity index (χ4n) is 4.97. The molecule has 0 radical (unpaired) electrons. The first kappa shape index (κ1) is 24.3. The van der Waals surface area contributed by atoms with Crippen LogP contribution in [0.2, 0.25) is 0 Å². The van der Waals surface area contributed by atoms with E-state index >= 15 is 0 Å². The zero-order chi connectivity index (χ0) is 22.4. The smallest absolute Gasteiger partial charge is 0.119 e. The molecular formula is C28H42O2. The second-order valence-corrected chi connectivity index (χ2v) is 9.22. The van der Waals surface area contributed by atoms with Gasteiger partial charge < -0.3 is 10.2 Å². The molecule has 0 spiro atoms. The van der Waals surface area contributed by atoms with E-state index in [0.717, 1.165) is 28.7 Å². The molecule has 0 aliphatic carbocycles. The highest BCUT2D eigenvalue weighted by molar-refractivity contribution is 5.56. The predicted molar refractivity (Wildman–Crippen MR) is 129 cm³/mol. The van der Waals surface area contributed by atoms with E-state index in [9.17, 15) is 10.2 Å². The second kappa shape index (κ2) is 10.9. The lowest BCUT2D eigenvalue weighted by molar-refractivity contribution is 0.468. The summed E-state index contributed by atoms with van der Waals surface area (Å²) in [5.41, 5.74) is 9.38. The molecule has 30 heavy (non-hydrogen) atoms. The molecule has 2 aromatic carbocycles. The fourth-order valence-corrected chi connectivity index (χ4v) is 4.97. The Bertz CT molecular complexity index is 800. The average molecular weight is 411 g/mol. The number of unbranched alkanes of at least 4 members (excludes halogenated alkanes) is 6. The van der Waals surface area contributed by atoms with E-state index in [2.05, 4.69) is 34.6 Å². The zero-order valence-corrected chi connectivity index (χ0v) is 20.3. The van der Waals surface area contributed by atoms with Gasteiger partial charge in [0.2, 0.25) is 0 Å². The first-order valence-electron chi connectivity index (χ1n) is 11.8. The summed E-state index contributed by atoms with van der Waals surface area (Å²) in [4.78, 5) is 0. The first-order valence-corrected chi connectivity index (χ1v) is 11.8. The molecule has 0 saturated carbocycles. The lowest BCUT2D eigenvalue weighted by atomic mass is 9.77. The van der Waals surface area contributed by atoms with Crippen molar-refractivity contribution in [1.82, 2.24) is 0 Å². The maximum Gasteiger partial charge on any atom is 0.119 e. The van der Waals surface area contributed by atoms with Gasteiger partial charge in [-0.3, -0.25) is 0 Å². The summed E-state index contributed by atoms with van der Waals surface area (Å²) < 4.78 is 0. The van der Waals surface area contributed by atoms with Crippen LogP contribution >= 0.6 is 0 Å². The molecule has 0 unspecified atom stereocenters. The van der Waals surface area contributed by atoms with Crippen molar-refractivity contribution in [2.45, 2.75) is 106 Å². The van der Waals surface area contributed by atoms with Crippen LogP contribution in [-0.2, 0) is 0 Å². The molecule has 0 atom stereocenters. The topological polar surface area (TPSA) is 40.5 Å². The van der Waals surface area contributed by atoms with Crippen molar-refractivity contribution in [1.29, 1.82) is 0 Å². The summed E-state index contributed by atoms with van der Waals surface area (Å²) in [6.07, 6.45) is 10.2. The molecule has 2 aromatic rings. The van der Waals surface area contributed by atoms with Crippen molar-refractivity contribution in [3.8, 4) is 11.5 Å². The molecule has 2 heteroatoms. The summed E-state index contributed by atoms with van der Waals surface area (Å²) in [5, 5.41) is 20.7. The van der Waals surface area contributed by atoms with Gasteiger partial charge in [-0.1, -0.05) is 51.9 Å². The van der Waals surface area contributed by atoms with Crippen LogP contribution in [-0.4, -0.2) is 10.2 Å². The second-order valence-electron chi connectivity index (χ2n) is 9.22. The van der Waals surface area contributed by atoms with Crippen LogP contribution in [0.25, 0.3) is 0 Å². The molecule has 2 rings (SSSR count). The summed E-state index contributed by atoms with van der Waals surface area (Å²) in [7, 11) is 0.